The number of rotatable bonds is 30. The molecule has 5 heteroatoms. The van der Waals surface area contributed by atoms with Gasteiger partial charge in [-0.1, -0.05) is 181 Å². The second-order valence-corrected chi connectivity index (χ2v) is 11.4. The number of carboxylic acid groups (broad SMARTS) is 2. The maximum atomic E-state index is 10.2. The molecule has 0 heterocycles. The fraction of sp³-hybridized carbons (Fsp3) is 0.941. The molecular formula is C34H66MnO4. The summed E-state index contributed by atoms with van der Waals surface area (Å²) in [6.45, 7) is 4.52. The van der Waals surface area contributed by atoms with Crippen LogP contribution in [0.4, 0.5) is 0 Å². The number of carbonyl (C=O) groups excluding carboxylic acids is 2. The van der Waals surface area contributed by atoms with Crippen LogP contribution in [0.25, 0.3) is 0 Å². The molecule has 39 heavy (non-hydrogen) atoms. The monoisotopic (exact) mass is 593 g/mol. The van der Waals surface area contributed by atoms with E-state index in [-0.39, 0.29) is 29.9 Å². The van der Waals surface area contributed by atoms with E-state index < -0.39 is 11.9 Å². The molecule has 0 rings (SSSR count). The van der Waals surface area contributed by atoms with Crippen LogP contribution in [0.5, 0.6) is 0 Å². The largest absolute Gasteiger partial charge is 2.00 e. The molecule has 4 nitrogen and oxygen atoms in total. The molecule has 0 atom stereocenters. The Balaban J connectivity index is -0.000000648. The molecule has 0 bridgehead atoms. The molecule has 0 aliphatic rings. The van der Waals surface area contributed by atoms with Gasteiger partial charge in [0.15, 0.2) is 0 Å². The Morgan fingerprint density at radius 1 is 0.333 bits per heavy atom. The molecule has 0 aliphatic heterocycles. The van der Waals surface area contributed by atoms with Crippen molar-refractivity contribution in [1.82, 2.24) is 0 Å². The van der Waals surface area contributed by atoms with Crippen molar-refractivity contribution in [3.8, 4) is 0 Å². The average molecular weight is 594 g/mol. The first kappa shape index (κ1) is 42.9. The number of hydrogen-bond acceptors (Lipinski definition) is 4. The van der Waals surface area contributed by atoms with Crippen LogP contribution in [-0.4, -0.2) is 11.9 Å². The van der Waals surface area contributed by atoms with E-state index >= 15 is 0 Å². The maximum absolute atomic E-state index is 10.2. The van der Waals surface area contributed by atoms with Gasteiger partial charge in [0.2, 0.25) is 0 Å². The summed E-state index contributed by atoms with van der Waals surface area (Å²) in [6, 6.07) is 0. The van der Waals surface area contributed by atoms with E-state index in [0.717, 1.165) is 25.7 Å². The van der Waals surface area contributed by atoms with Crippen molar-refractivity contribution in [2.75, 3.05) is 0 Å². The minimum atomic E-state index is -0.904. The predicted molar refractivity (Wildman–Crippen MR) is 160 cm³/mol. The van der Waals surface area contributed by atoms with E-state index in [4.69, 9.17) is 0 Å². The summed E-state index contributed by atoms with van der Waals surface area (Å²) in [5, 5.41) is 20.4. The third-order valence-corrected chi connectivity index (χ3v) is 7.47. The van der Waals surface area contributed by atoms with Gasteiger partial charge in [-0.25, -0.2) is 0 Å². The zero-order chi connectivity index (χ0) is 28.4. The fourth-order valence-electron chi connectivity index (χ4n) is 4.93. The van der Waals surface area contributed by atoms with Gasteiger partial charge in [-0.15, -0.1) is 0 Å². The Kier molecular flexibility index (Phi) is 43.6. The standard InChI is InChI=1S/2C17H34O2.Mn/c2*1-2-3-4-5-6-7-8-9-10-11-12-13-14-15-16-17(18)19;/h2*2-16H2,1H3,(H,18,19);/q;;+2/p-2. The van der Waals surface area contributed by atoms with Crippen molar-refractivity contribution in [3.63, 3.8) is 0 Å². The van der Waals surface area contributed by atoms with Crippen LogP contribution in [-0.2, 0) is 26.7 Å². The van der Waals surface area contributed by atoms with Crippen molar-refractivity contribution in [2.24, 2.45) is 0 Å². The van der Waals surface area contributed by atoms with E-state index in [1.165, 1.54) is 154 Å². The molecule has 0 N–H and O–H groups in total. The first-order valence-corrected chi connectivity index (χ1v) is 16.9. The molecule has 0 fully saturated rings. The molecule has 0 aromatic heterocycles. The molecule has 1 radical (unpaired) electrons. The quantitative estimate of drug-likeness (QED) is 0.0614. The van der Waals surface area contributed by atoms with Crippen LogP contribution in [0.15, 0.2) is 0 Å². The Morgan fingerprint density at radius 2 is 0.487 bits per heavy atom. The second kappa shape index (κ2) is 39.6. The normalized spacial score (nSPS) is 10.5. The molecular weight excluding hydrogens is 527 g/mol. The zero-order valence-electron chi connectivity index (χ0n) is 26.2. The number of carbonyl (C=O) groups is 2. The minimum absolute atomic E-state index is 0. The summed E-state index contributed by atoms with van der Waals surface area (Å²) in [6.07, 6.45) is 36.8. The molecule has 0 saturated carbocycles. The molecule has 0 amide bonds. The van der Waals surface area contributed by atoms with E-state index in [2.05, 4.69) is 13.8 Å². The Bertz CT molecular complexity index is 428. The zero-order valence-corrected chi connectivity index (χ0v) is 27.4. The summed E-state index contributed by atoms with van der Waals surface area (Å²) < 4.78 is 0. The SMILES string of the molecule is CCCCCCCCCCCCCCCCC(=O)[O-].CCCCCCCCCCCCCCCCC(=O)[O-].[Mn+2]. The minimum Gasteiger partial charge on any atom is -0.550 e. The van der Waals surface area contributed by atoms with Gasteiger partial charge >= 0.3 is 17.1 Å². The van der Waals surface area contributed by atoms with Crippen LogP contribution in [0.1, 0.15) is 206 Å². The summed E-state index contributed by atoms with van der Waals surface area (Å²) >= 11 is 0. The van der Waals surface area contributed by atoms with Crippen molar-refractivity contribution < 1.29 is 36.9 Å². The first-order valence-electron chi connectivity index (χ1n) is 16.9. The molecule has 0 spiro atoms. The molecule has 233 valence electrons. The molecule has 0 saturated heterocycles. The topological polar surface area (TPSA) is 80.3 Å². The van der Waals surface area contributed by atoms with Crippen LogP contribution in [0.2, 0.25) is 0 Å². The van der Waals surface area contributed by atoms with E-state index in [1.807, 2.05) is 0 Å². The van der Waals surface area contributed by atoms with Crippen molar-refractivity contribution in [1.29, 1.82) is 0 Å². The smallest absolute Gasteiger partial charge is 0.550 e. The van der Waals surface area contributed by atoms with Crippen molar-refractivity contribution in [2.45, 2.75) is 206 Å². The van der Waals surface area contributed by atoms with Gasteiger partial charge in [-0.2, -0.15) is 0 Å². The molecule has 0 unspecified atom stereocenters. The fourth-order valence-corrected chi connectivity index (χ4v) is 4.93. The average Bonchev–Trinajstić information content (AvgIpc) is 2.89. The molecule has 0 aromatic carbocycles. The number of aliphatic carboxylic acids is 2. The van der Waals surface area contributed by atoms with Gasteiger partial charge in [-0.05, 0) is 25.7 Å². The van der Waals surface area contributed by atoms with Gasteiger partial charge in [0, 0.05) is 11.9 Å². The van der Waals surface area contributed by atoms with Crippen LogP contribution in [0.3, 0.4) is 0 Å². The van der Waals surface area contributed by atoms with Crippen molar-refractivity contribution in [3.05, 3.63) is 0 Å². The Labute approximate surface area is 254 Å². The number of carboxylic acids is 2. The van der Waals surface area contributed by atoms with Gasteiger partial charge in [0.25, 0.3) is 0 Å². The van der Waals surface area contributed by atoms with Gasteiger partial charge in [0.1, 0.15) is 0 Å². The van der Waals surface area contributed by atoms with E-state index in [0.29, 0.717) is 0 Å². The first-order chi connectivity index (χ1) is 18.5. The number of unbranched alkanes of at least 4 members (excludes halogenated alkanes) is 26. The maximum Gasteiger partial charge on any atom is 2.00 e. The van der Waals surface area contributed by atoms with Gasteiger partial charge in [0.05, 0.1) is 0 Å². The van der Waals surface area contributed by atoms with Crippen LogP contribution < -0.4 is 10.2 Å². The Morgan fingerprint density at radius 3 is 0.641 bits per heavy atom. The van der Waals surface area contributed by atoms with Crippen molar-refractivity contribution >= 4 is 11.9 Å². The van der Waals surface area contributed by atoms with Crippen LogP contribution >= 0.6 is 0 Å². The molecule has 0 aromatic rings. The van der Waals surface area contributed by atoms with Crippen LogP contribution in [0, 0.1) is 0 Å². The third-order valence-electron chi connectivity index (χ3n) is 7.47. The van der Waals surface area contributed by atoms with E-state index in [1.54, 1.807) is 0 Å². The van der Waals surface area contributed by atoms with Gasteiger partial charge < -0.3 is 19.8 Å². The summed E-state index contributed by atoms with van der Waals surface area (Å²) in [5.41, 5.74) is 0. The second-order valence-electron chi connectivity index (χ2n) is 11.4. The summed E-state index contributed by atoms with van der Waals surface area (Å²) in [4.78, 5) is 20.4. The molecule has 0 aliphatic carbocycles. The Hall–Kier alpha value is -0.541. The number of hydrogen-bond donors (Lipinski definition) is 0. The van der Waals surface area contributed by atoms with Gasteiger partial charge in [-0.3, -0.25) is 0 Å². The predicted octanol–water partition coefficient (Wildman–Crippen LogP) is 9.21. The van der Waals surface area contributed by atoms with E-state index in [9.17, 15) is 19.8 Å². The third kappa shape index (κ3) is 47.6. The summed E-state index contributed by atoms with van der Waals surface area (Å²) in [7, 11) is 0. The summed E-state index contributed by atoms with van der Waals surface area (Å²) in [5.74, 6) is -1.81.